The van der Waals surface area contributed by atoms with Crippen LogP contribution in [0.2, 0.25) is 0 Å². The fourth-order valence-electron chi connectivity index (χ4n) is 5.12. The smallest absolute Gasteiger partial charge is 0.332 e. The van der Waals surface area contributed by atoms with Crippen molar-refractivity contribution in [3.63, 3.8) is 0 Å². The molecule has 2 aromatic carbocycles. The van der Waals surface area contributed by atoms with Crippen LogP contribution in [0.4, 0.5) is 5.95 Å². The third-order valence-electron chi connectivity index (χ3n) is 7.17. The zero-order chi connectivity index (χ0) is 26.8. The molecule has 1 aliphatic rings. The summed E-state index contributed by atoms with van der Waals surface area (Å²) in [5.74, 6) is 1.23. The predicted molar refractivity (Wildman–Crippen MR) is 146 cm³/mol. The average molecular weight is 514 g/mol. The van der Waals surface area contributed by atoms with Crippen molar-refractivity contribution in [1.82, 2.24) is 18.7 Å². The maximum atomic E-state index is 13.6. The molecule has 2 unspecified atom stereocenters. The lowest BCUT2D eigenvalue weighted by Crippen LogP contribution is -2.44. The number of aryl methyl sites for hydroxylation is 2. The second kappa shape index (κ2) is 10.6. The number of hydrogen-bond donors (Lipinski definition) is 1. The quantitative estimate of drug-likeness (QED) is 0.402. The van der Waals surface area contributed by atoms with Crippen molar-refractivity contribution in [2.24, 2.45) is 12.8 Å². The Balaban J connectivity index is 1.70. The Kier molecular flexibility index (Phi) is 7.03. The summed E-state index contributed by atoms with van der Waals surface area (Å²) < 4.78 is 9.56. The highest BCUT2D eigenvalue weighted by atomic mass is 16.5. The molecule has 10 heteroatoms. The van der Waals surface area contributed by atoms with Crippen LogP contribution in [0.1, 0.15) is 30.0 Å². The van der Waals surface area contributed by atoms with Crippen LogP contribution in [-0.4, -0.2) is 44.9 Å². The summed E-state index contributed by atoms with van der Waals surface area (Å²) in [4.78, 5) is 33.8. The third kappa shape index (κ3) is 4.57. The Morgan fingerprint density at radius 1 is 1.16 bits per heavy atom. The summed E-state index contributed by atoms with van der Waals surface area (Å²) in [6.45, 7) is 1.56. The summed E-state index contributed by atoms with van der Waals surface area (Å²) in [7, 11) is 3.08. The predicted octanol–water partition coefficient (Wildman–Crippen LogP) is 2.19. The van der Waals surface area contributed by atoms with Gasteiger partial charge in [-0.15, -0.1) is 0 Å². The number of fused-ring (bicyclic) bond motifs is 1. The van der Waals surface area contributed by atoms with Gasteiger partial charge in [0.05, 0.1) is 13.2 Å². The lowest BCUT2D eigenvalue weighted by molar-refractivity contribution is 0.414. The first-order valence-corrected chi connectivity index (χ1v) is 12.7. The zero-order valence-corrected chi connectivity index (χ0v) is 21.6. The molecule has 10 nitrogen and oxygen atoms in total. The van der Waals surface area contributed by atoms with E-state index in [1.807, 2.05) is 59.5 Å². The fraction of sp³-hybridized carbons (Fsp3) is 0.357. The highest BCUT2D eigenvalue weighted by molar-refractivity contribution is 5.75. The number of hydrogen-bond acceptors (Lipinski definition) is 7. The molecule has 4 aromatic rings. The Morgan fingerprint density at radius 2 is 1.89 bits per heavy atom. The Hall–Kier alpha value is -4.36. The van der Waals surface area contributed by atoms with Gasteiger partial charge in [0.25, 0.3) is 5.56 Å². The highest BCUT2D eigenvalue weighted by Crippen LogP contribution is 2.30. The second-order valence-corrected chi connectivity index (χ2v) is 9.64. The first-order valence-electron chi connectivity index (χ1n) is 12.7. The summed E-state index contributed by atoms with van der Waals surface area (Å²) in [5, 5.41) is 10.3. The van der Waals surface area contributed by atoms with Crippen LogP contribution in [-0.2, 0) is 20.0 Å². The van der Waals surface area contributed by atoms with E-state index in [-0.39, 0.29) is 17.2 Å². The molecular weight excluding hydrogens is 482 g/mol. The summed E-state index contributed by atoms with van der Waals surface area (Å²) in [5.41, 5.74) is 7.61. The lowest BCUT2D eigenvalue weighted by atomic mass is 10.1. The van der Waals surface area contributed by atoms with E-state index in [4.69, 9.17) is 15.5 Å². The maximum absolute atomic E-state index is 13.6. The molecule has 2 aromatic heterocycles. The van der Waals surface area contributed by atoms with Crippen LogP contribution < -0.4 is 26.6 Å². The van der Waals surface area contributed by atoms with Gasteiger partial charge in [-0.05, 0) is 42.5 Å². The molecule has 0 spiro atoms. The van der Waals surface area contributed by atoms with E-state index in [2.05, 4.69) is 6.07 Å². The first kappa shape index (κ1) is 25.3. The van der Waals surface area contributed by atoms with Crippen molar-refractivity contribution in [1.29, 1.82) is 5.26 Å². The SMILES string of the molecule is COc1ccc(CCn2c(=O)n(C)c(=O)c3c2nc(N2CCCC(N)C2)n3C(C#N)c2ccccc2)cc1. The minimum Gasteiger partial charge on any atom is -0.497 e. The van der Waals surface area contributed by atoms with Crippen LogP contribution in [0.3, 0.4) is 0 Å². The number of anilines is 1. The molecule has 3 heterocycles. The van der Waals surface area contributed by atoms with Gasteiger partial charge in [-0.1, -0.05) is 42.5 Å². The molecule has 0 aliphatic carbocycles. The average Bonchev–Trinajstić information content (AvgIpc) is 3.33. The molecule has 5 rings (SSSR count). The molecule has 0 bridgehead atoms. The van der Waals surface area contributed by atoms with Crippen molar-refractivity contribution in [2.45, 2.75) is 37.9 Å². The van der Waals surface area contributed by atoms with Gasteiger partial charge < -0.3 is 15.4 Å². The van der Waals surface area contributed by atoms with Crippen LogP contribution in [0, 0.1) is 11.3 Å². The number of rotatable bonds is 7. The fourth-order valence-corrected chi connectivity index (χ4v) is 5.12. The molecule has 1 aliphatic heterocycles. The van der Waals surface area contributed by atoms with Crippen molar-refractivity contribution < 1.29 is 4.74 Å². The van der Waals surface area contributed by atoms with Gasteiger partial charge in [0.1, 0.15) is 11.8 Å². The molecule has 2 atom stereocenters. The van der Waals surface area contributed by atoms with Crippen LogP contribution >= 0.6 is 0 Å². The van der Waals surface area contributed by atoms with Crippen LogP contribution in [0.15, 0.2) is 64.2 Å². The van der Waals surface area contributed by atoms with E-state index < -0.39 is 17.3 Å². The van der Waals surface area contributed by atoms with Gasteiger partial charge in [-0.2, -0.15) is 10.2 Å². The number of benzene rings is 2. The van der Waals surface area contributed by atoms with Crippen LogP contribution in [0.25, 0.3) is 11.2 Å². The number of nitriles is 1. The molecule has 2 N–H and O–H groups in total. The molecule has 38 heavy (non-hydrogen) atoms. The number of imidazole rings is 1. The number of aromatic nitrogens is 4. The van der Waals surface area contributed by atoms with Crippen LogP contribution in [0.5, 0.6) is 5.75 Å². The molecular formula is C28H31N7O3. The number of piperidine rings is 1. The second-order valence-electron chi connectivity index (χ2n) is 9.64. The van der Waals surface area contributed by atoms with Gasteiger partial charge in [-0.3, -0.25) is 18.5 Å². The molecule has 1 saturated heterocycles. The molecule has 0 radical (unpaired) electrons. The third-order valence-corrected chi connectivity index (χ3v) is 7.17. The molecule has 196 valence electrons. The monoisotopic (exact) mass is 513 g/mol. The van der Waals surface area contributed by atoms with Gasteiger partial charge in [0.2, 0.25) is 5.95 Å². The number of methoxy groups -OCH3 is 1. The van der Waals surface area contributed by atoms with E-state index in [1.54, 1.807) is 11.7 Å². The molecule has 0 amide bonds. The summed E-state index contributed by atoms with van der Waals surface area (Å²) in [6.07, 6.45) is 2.31. The summed E-state index contributed by atoms with van der Waals surface area (Å²) >= 11 is 0. The van der Waals surface area contributed by atoms with Crippen molar-refractivity contribution >= 4 is 17.1 Å². The van der Waals surface area contributed by atoms with Crippen molar-refractivity contribution in [3.05, 3.63) is 86.6 Å². The molecule has 1 fully saturated rings. The Labute approximate surface area is 220 Å². The van der Waals surface area contributed by atoms with E-state index in [0.29, 0.717) is 32.0 Å². The minimum absolute atomic E-state index is 0.0469. The number of ether oxygens (including phenoxy) is 1. The van der Waals surface area contributed by atoms with E-state index in [1.165, 1.54) is 11.6 Å². The van der Waals surface area contributed by atoms with Crippen molar-refractivity contribution in [2.75, 3.05) is 25.1 Å². The number of nitrogens with two attached hydrogens (primary N) is 1. The Morgan fingerprint density at radius 3 is 2.55 bits per heavy atom. The van der Waals surface area contributed by atoms with Gasteiger partial charge in [0.15, 0.2) is 11.2 Å². The van der Waals surface area contributed by atoms with E-state index in [9.17, 15) is 14.9 Å². The van der Waals surface area contributed by atoms with Gasteiger partial charge in [0, 0.05) is 32.7 Å². The number of nitrogens with zero attached hydrogens (tertiary/aromatic N) is 6. The highest BCUT2D eigenvalue weighted by Gasteiger charge is 2.30. The maximum Gasteiger partial charge on any atom is 0.332 e. The van der Waals surface area contributed by atoms with Crippen molar-refractivity contribution in [3.8, 4) is 11.8 Å². The van der Waals surface area contributed by atoms with E-state index >= 15 is 0 Å². The normalized spacial score (nSPS) is 16.4. The minimum atomic E-state index is -0.811. The zero-order valence-electron chi connectivity index (χ0n) is 21.6. The van der Waals surface area contributed by atoms with Gasteiger partial charge >= 0.3 is 5.69 Å². The topological polar surface area (TPSA) is 124 Å². The standard InChI is InChI=1S/C28H31N7O3/c1-32-26(36)24-25(34(28(32)37)16-14-19-10-12-22(38-2)13-11-19)31-27(33-15-6-9-21(30)18-33)35(24)23(17-29)20-7-4-3-5-8-20/h3-5,7-8,10-13,21,23H,6,9,14-16,18,30H2,1-2H3. The summed E-state index contributed by atoms with van der Waals surface area (Å²) in [6, 6.07) is 18.5. The molecule has 0 saturated carbocycles. The largest absolute Gasteiger partial charge is 0.497 e. The van der Waals surface area contributed by atoms with Gasteiger partial charge in [-0.25, -0.2) is 4.79 Å². The first-order chi connectivity index (χ1) is 18.4. The lowest BCUT2D eigenvalue weighted by Gasteiger charge is -2.32. The Bertz CT molecular complexity index is 1600. The van der Waals surface area contributed by atoms with E-state index in [0.717, 1.165) is 34.3 Å².